The van der Waals surface area contributed by atoms with Gasteiger partial charge in [-0.1, -0.05) is 24.3 Å². The molecule has 2 aromatic carbocycles. The fourth-order valence-corrected chi connectivity index (χ4v) is 2.75. The summed E-state index contributed by atoms with van der Waals surface area (Å²) in [5.74, 6) is 0.595. The molecule has 0 saturated carbocycles. The Morgan fingerprint density at radius 3 is 3.00 bits per heavy atom. The van der Waals surface area contributed by atoms with Gasteiger partial charge in [-0.2, -0.15) is 0 Å². The number of para-hydroxylation sites is 1. The fourth-order valence-electron chi connectivity index (χ4n) is 2.75. The Kier molecular flexibility index (Phi) is 3.66. The third-order valence-electron chi connectivity index (χ3n) is 3.98. The lowest BCUT2D eigenvalue weighted by molar-refractivity contribution is -0.121. The summed E-state index contributed by atoms with van der Waals surface area (Å²) in [6.07, 6.45) is 2.18. The van der Waals surface area contributed by atoms with Gasteiger partial charge < -0.3 is 10.1 Å². The molecule has 1 N–H and O–H groups in total. The van der Waals surface area contributed by atoms with Crippen molar-refractivity contribution in [1.29, 1.82) is 0 Å². The Bertz CT molecular complexity index is 863. The lowest BCUT2D eigenvalue weighted by Crippen LogP contribution is -2.32. The molecule has 4 rings (SSSR count). The summed E-state index contributed by atoms with van der Waals surface area (Å²) in [5.41, 5.74) is 2.54. The number of amides is 1. The van der Waals surface area contributed by atoms with Gasteiger partial charge in [-0.3, -0.25) is 4.79 Å². The van der Waals surface area contributed by atoms with E-state index in [-0.39, 0.29) is 11.8 Å². The average molecular weight is 321 g/mol. The number of nitrogens with zero attached hydrogens (tertiary/aromatic N) is 4. The first kappa shape index (κ1) is 14.4. The number of hydrogen-bond donors (Lipinski definition) is 1. The third kappa shape index (κ3) is 2.83. The highest BCUT2D eigenvalue weighted by Crippen LogP contribution is 2.27. The summed E-state index contributed by atoms with van der Waals surface area (Å²) in [6.45, 7) is 0.384. The normalized spacial score (nSPS) is 16.1. The SMILES string of the molecule is O=C(Nc1cccc(-n2cnnn2)c1)C1COc2ccccc2C1. The monoisotopic (exact) mass is 321 g/mol. The van der Waals surface area contributed by atoms with Crippen molar-refractivity contribution in [2.45, 2.75) is 6.42 Å². The van der Waals surface area contributed by atoms with Gasteiger partial charge in [0.15, 0.2) is 0 Å². The van der Waals surface area contributed by atoms with Crippen LogP contribution in [0.25, 0.3) is 5.69 Å². The number of carbonyl (C=O) groups excluding carboxylic acids is 1. The van der Waals surface area contributed by atoms with Gasteiger partial charge in [0, 0.05) is 5.69 Å². The Morgan fingerprint density at radius 2 is 2.12 bits per heavy atom. The summed E-state index contributed by atoms with van der Waals surface area (Å²) < 4.78 is 7.22. The number of nitrogens with one attached hydrogen (secondary N) is 1. The van der Waals surface area contributed by atoms with Crippen LogP contribution in [-0.2, 0) is 11.2 Å². The lowest BCUT2D eigenvalue weighted by atomic mass is 9.96. The summed E-state index contributed by atoms with van der Waals surface area (Å²) >= 11 is 0. The predicted molar refractivity (Wildman–Crippen MR) is 86.9 cm³/mol. The van der Waals surface area contributed by atoms with E-state index < -0.39 is 0 Å². The van der Waals surface area contributed by atoms with E-state index in [1.54, 1.807) is 0 Å². The molecule has 7 heteroatoms. The molecule has 1 atom stereocenters. The van der Waals surface area contributed by atoms with Crippen molar-refractivity contribution in [3.05, 3.63) is 60.4 Å². The first-order chi connectivity index (χ1) is 11.8. The third-order valence-corrected chi connectivity index (χ3v) is 3.98. The number of benzene rings is 2. The highest BCUT2D eigenvalue weighted by atomic mass is 16.5. The first-order valence-electron chi connectivity index (χ1n) is 7.64. The van der Waals surface area contributed by atoms with Crippen molar-refractivity contribution in [3.8, 4) is 11.4 Å². The van der Waals surface area contributed by atoms with Crippen LogP contribution in [-0.4, -0.2) is 32.7 Å². The van der Waals surface area contributed by atoms with Crippen LogP contribution < -0.4 is 10.1 Å². The van der Waals surface area contributed by atoms with Crippen molar-refractivity contribution < 1.29 is 9.53 Å². The molecule has 1 aromatic heterocycles. The van der Waals surface area contributed by atoms with Gasteiger partial charge in [0.1, 0.15) is 18.7 Å². The van der Waals surface area contributed by atoms with E-state index in [0.29, 0.717) is 18.7 Å². The minimum absolute atomic E-state index is 0.0571. The van der Waals surface area contributed by atoms with Crippen molar-refractivity contribution in [3.63, 3.8) is 0 Å². The van der Waals surface area contributed by atoms with E-state index in [9.17, 15) is 4.79 Å². The van der Waals surface area contributed by atoms with Crippen LogP contribution in [0.3, 0.4) is 0 Å². The molecule has 0 saturated heterocycles. The van der Waals surface area contributed by atoms with Crippen LogP contribution in [0.15, 0.2) is 54.9 Å². The molecule has 1 aliphatic rings. The van der Waals surface area contributed by atoms with Gasteiger partial charge >= 0.3 is 0 Å². The molecule has 0 spiro atoms. The zero-order valence-electron chi connectivity index (χ0n) is 12.8. The second kappa shape index (κ2) is 6.11. The maximum atomic E-state index is 12.5. The van der Waals surface area contributed by atoms with Gasteiger partial charge in [-0.15, -0.1) is 5.10 Å². The van der Waals surface area contributed by atoms with Crippen LogP contribution in [0.2, 0.25) is 0 Å². The van der Waals surface area contributed by atoms with E-state index in [1.807, 2.05) is 48.5 Å². The molecule has 0 aliphatic carbocycles. The van der Waals surface area contributed by atoms with Gasteiger partial charge in [0.2, 0.25) is 5.91 Å². The van der Waals surface area contributed by atoms with E-state index in [0.717, 1.165) is 17.0 Å². The molecular weight excluding hydrogens is 306 g/mol. The number of anilines is 1. The molecule has 1 unspecified atom stereocenters. The smallest absolute Gasteiger partial charge is 0.231 e. The largest absolute Gasteiger partial charge is 0.492 e. The van der Waals surface area contributed by atoms with E-state index >= 15 is 0 Å². The topological polar surface area (TPSA) is 81.9 Å². The Labute approximate surface area is 138 Å². The van der Waals surface area contributed by atoms with Crippen LogP contribution in [0.4, 0.5) is 5.69 Å². The minimum atomic E-state index is -0.211. The highest BCUT2D eigenvalue weighted by molar-refractivity contribution is 5.93. The summed E-state index contributed by atoms with van der Waals surface area (Å²) in [5, 5.41) is 14.0. The van der Waals surface area contributed by atoms with Crippen molar-refractivity contribution in [1.82, 2.24) is 20.2 Å². The molecule has 0 fully saturated rings. The Hall–Kier alpha value is -3.22. The molecule has 0 bridgehead atoms. The zero-order valence-corrected chi connectivity index (χ0v) is 12.8. The first-order valence-corrected chi connectivity index (χ1v) is 7.64. The van der Waals surface area contributed by atoms with Crippen molar-refractivity contribution in [2.24, 2.45) is 5.92 Å². The standard InChI is InChI=1S/C17H15N5O2/c23-17(13-8-12-4-1-2-7-16(12)24-10-13)19-14-5-3-6-15(9-14)22-11-18-20-21-22/h1-7,9,11,13H,8,10H2,(H,19,23). The molecule has 120 valence electrons. The Balaban J connectivity index is 1.48. The molecule has 3 aromatic rings. The number of carbonyl (C=O) groups is 1. The summed E-state index contributed by atoms with van der Waals surface area (Å²) in [4.78, 5) is 12.5. The number of fused-ring (bicyclic) bond motifs is 1. The van der Waals surface area contributed by atoms with Crippen LogP contribution in [0.1, 0.15) is 5.56 Å². The quantitative estimate of drug-likeness (QED) is 0.796. The Morgan fingerprint density at radius 1 is 1.21 bits per heavy atom. The molecule has 7 nitrogen and oxygen atoms in total. The van der Waals surface area contributed by atoms with Gasteiger partial charge in [-0.05, 0) is 46.7 Å². The molecule has 0 radical (unpaired) electrons. The minimum Gasteiger partial charge on any atom is -0.492 e. The van der Waals surface area contributed by atoms with E-state index in [1.165, 1.54) is 11.0 Å². The maximum absolute atomic E-state index is 12.5. The second-order valence-corrected chi connectivity index (χ2v) is 5.61. The average Bonchev–Trinajstić information content (AvgIpc) is 3.16. The van der Waals surface area contributed by atoms with Gasteiger partial charge in [-0.25, -0.2) is 4.68 Å². The fraction of sp³-hybridized carbons (Fsp3) is 0.176. The number of tetrazole rings is 1. The second-order valence-electron chi connectivity index (χ2n) is 5.61. The van der Waals surface area contributed by atoms with Crippen molar-refractivity contribution >= 4 is 11.6 Å². The lowest BCUT2D eigenvalue weighted by Gasteiger charge is -2.24. The van der Waals surface area contributed by atoms with Crippen molar-refractivity contribution in [2.75, 3.05) is 11.9 Å². The maximum Gasteiger partial charge on any atom is 0.231 e. The van der Waals surface area contributed by atoms with Gasteiger partial charge in [0.25, 0.3) is 0 Å². The van der Waals surface area contributed by atoms with Gasteiger partial charge in [0.05, 0.1) is 11.6 Å². The van der Waals surface area contributed by atoms with E-state index in [2.05, 4.69) is 20.8 Å². The highest BCUT2D eigenvalue weighted by Gasteiger charge is 2.25. The molecule has 1 amide bonds. The molecule has 2 heterocycles. The predicted octanol–water partition coefficient (Wildman–Crippen LogP) is 1.85. The summed E-state index contributed by atoms with van der Waals surface area (Å²) in [6, 6.07) is 15.2. The van der Waals surface area contributed by atoms with Crippen LogP contribution in [0, 0.1) is 5.92 Å². The number of rotatable bonds is 3. The van der Waals surface area contributed by atoms with E-state index in [4.69, 9.17) is 4.74 Å². The number of ether oxygens (including phenoxy) is 1. The summed E-state index contributed by atoms with van der Waals surface area (Å²) in [7, 11) is 0. The van der Waals surface area contributed by atoms with Crippen LogP contribution >= 0.6 is 0 Å². The zero-order chi connectivity index (χ0) is 16.4. The molecular formula is C17H15N5O2. The number of hydrogen-bond acceptors (Lipinski definition) is 5. The number of aromatic nitrogens is 4. The molecule has 24 heavy (non-hydrogen) atoms. The molecule has 1 aliphatic heterocycles. The van der Waals surface area contributed by atoms with Crippen LogP contribution in [0.5, 0.6) is 5.75 Å².